The molecule has 0 saturated carbocycles. The number of halogens is 1. The molecule has 33 heavy (non-hydrogen) atoms. The number of H-pyrrole nitrogens is 1. The molecule has 1 aliphatic heterocycles. The molecule has 0 radical (unpaired) electrons. The number of benzene rings is 2. The molecule has 8 nitrogen and oxygen atoms in total. The van der Waals surface area contributed by atoms with E-state index in [-0.39, 0.29) is 16.8 Å². The number of ether oxygens (including phenoxy) is 1. The second kappa shape index (κ2) is 9.31. The molecule has 1 fully saturated rings. The van der Waals surface area contributed by atoms with Crippen LogP contribution >= 0.6 is 11.6 Å². The number of hydrogen-bond donors (Lipinski definition) is 2. The average Bonchev–Trinajstić information content (AvgIpc) is 2.79. The summed E-state index contributed by atoms with van der Waals surface area (Å²) in [5.41, 5.74) is 2.35. The van der Waals surface area contributed by atoms with E-state index >= 15 is 0 Å². The van der Waals surface area contributed by atoms with Gasteiger partial charge in [0.25, 0.3) is 5.56 Å². The standard InChI is InChI=1S/C24H28ClN5O3/c1-24(2,3)33-23(32)30-12-10-29(11-13-30)20-7-5-4-6-16(20)15-26-17-8-9-18-19(14-17)21(25)27-28-22(18)31/h4-9,14,26H,10-13,15H2,1-3H3,(H,28,31). The number of nitrogens with one attached hydrogen (secondary N) is 2. The maximum atomic E-state index is 12.4. The molecule has 1 aromatic heterocycles. The van der Waals surface area contributed by atoms with Gasteiger partial charge in [-0.3, -0.25) is 4.79 Å². The molecule has 0 unspecified atom stereocenters. The van der Waals surface area contributed by atoms with Crippen LogP contribution in [0.25, 0.3) is 10.8 Å². The minimum atomic E-state index is -0.497. The second-order valence-corrected chi connectivity index (χ2v) is 9.40. The summed E-state index contributed by atoms with van der Waals surface area (Å²) < 4.78 is 5.50. The van der Waals surface area contributed by atoms with Gasteiger partial charge in [-0.05, 0) is 50.6 Å². The zero-order valence-electron chi connectivity index (χ0n) is 19.0. The Balaban J connectivity index is 1.44. The summed E-state index contributed by atoms with van der Waals surface area (Å²) in [6.07, 6.45) is -0.264. The molecule has 2 aromatic carbocycles. The van der Waals surface area contributed by atoms with Crippen LogP contribution in [0, 0.1) is 0 Å². The highest BCUT2D eigenvalue weighted by Gasteiger charge is 2.26. The van der Waals surface area contributed by atoms with Crippen molar-refractivity contribution in [2.24, 2.45) is 0 Å². The zero-order valence-corrected chi connectivity index (χ0v) is 19.8. The number of hydrogen-bond acceptors (Lipinski definition) is 6. The topological polar surface area (TPSA) is 90.6 Å². The Labute approximate surface area is 197 Å². The van der Waals surface area contributed by atoms with Crippen molar-refractivity contribution in [2.75, 3.05) is 36.4 Å². The molecule has 0 spiro atoms. The third-order valence-electron chi connectivity index (χ3n) is 5.49. The summed E-state index contributed by atoms with van der Waals surface area (Å²) in [5, 5.41) is 11.0. The molecule has 2 heterocycles. The first kappa shape index (κ1) is 22.9. The van der Waals surface area contributed by atoms with Crippen LogP contribution in [0.2, 0.25) is 5.15 Å². The van der Waals surface area contributed by atoms with Crippen LogP contribution in [-0.2, 0) is 11.3 Å². The van der Waals surface area contributed by atoms with Crippen LogP contribution < -0.4 is 15.8 Å². The van der Waals surface area contributed by atoms with Crippen molar-refractivity contribution in [3.05, 3.63) is 63.5 Å². The number of amides is 1. The van der Waals surface area contributed by atoms with Crippen LogP contribution in [0.1, 0.15) is 26.3 Å². The molecule has 0 aliphatic carbocycles. The predicted octanol–water partition coefficient (Wildman–Crippen LogP) is 4.25. The van der Waals surface area contributed by atoms with Gasteiger partial charge in [0.2, 0.25) is 0 Å². The molecule has 174 valence electrons. The summed E-state index contributed by atoms with van der Waals surface area (Å²) in [7, 11) is 0. The number of para-hydroxylation sites is 1. The van der Waals surface area contributed by atoms with Crippen LogP contribution in [0.5, 0.6) is 0 Å². The fraction of sp³-hybridized carbons (Fsp3) is 0.375. The Morgan fingerprint density at radius 1 is 1.12 bits per heavy atom. The monoisotopic (exact) mass is 469 g/mol. The van der Waals surface area contributed by atoms with Crippen molar-refractivity contribution in [3.63, 3.8) is 0 Å². The number of nitrogens with zero attached hydrogens (tertiary/aromatic N) is 3. The van der Waals surface area contributed by atoms with Crippen molar-refractivity contribution in [1.29, 1.82) is 0 Å². The number of piperazine rings is 1. The third kappa shape index (κ3) is 5.39. The van der Waals surface area contributed by atoms with E-state index in [0.29, 0.717) is 30.4 Å². The lowest BCUT2D eigenvalue weighted by Crippen LogP contribution is -2.50. The fourth-order valence-corrected chi connectivity index (χ4v) is 4.06. The van der Waals surface area contributed by atoms with Gasteiger partial charge in [0, 0.05) is 49.5 Å². The number of anilines is 2. The van der Waals surface area contributed by atoms with Gasteiger partial charge >= 0.3 is 6.09 Å². The van der Waals surface area contributed by atoms with E-state index in [1.807, 2.05) is 45.0 Å². The van der Waals surface area contributed by atoms with E-state index in [2.05, 4.69) is 32.5 Å². The molecule has 1 saturated heterocycles. The highest BCUT2D eigenvalue weighted by molar-refractivity contribution is 6.34. The Morgan fingerprint density at radius 2 is 1.85 bits per heavy atom. The molecule has 3 aromatic rings. The van der Waals surface area contributed by atoms with Crippen molar-refractivity contribution in [3.8, 4) is 0 Å². The molecular formula is C24H28ClN5O3. The lowest BCUT2D eigenvalue weighted by Gasteiger charge is -2.37. The number of rotatable bonds is 4. The van der Waals surface area contributed by atoms with E-state index in [0.717, 1.165) is 30.0 Å². The molecule has 4 rings (SSSR count). The van der Waals surface area contributed by atoms with Gasteiger partial charge < -0.3 is 19.9 Å². The van der Waals surface area contributed by atoms with Crippen molar-refractivity contribution >= 4 is 39.8 Å². The zero-order chi connectivity index (χ0) is 23.6. The average molecular weight is 470 g/mol. The highest BCUT2D eigenvalue weighted by atomic mass is 35.5. The van der Waals surface area contributed by atoms with E-state index in [1.165, 1.54) is 0 Å². The van der Waals surface area contributed by atoms with E-state index < -0.39 is 5.60 Å². The van der Waals surface area contributed by atoms with Crippen molar-refractivity contribution in [2.45, 2.75) is 32.9 Å². The minimum absolute atomic E-state index is 0.261. The highest BCUT2D eigenvalue weighted by Crippen LogP contribution is 2.25. The fourth-order valence-electron chi connectivity index (χ4n) is 3.87. The number of carbonyl (C=O) groups excluding carboxylic acids is 1. The van der Waals surface area contributed by atoms with Crippen molar-refractivity contribution < 1.29 is 9.53 Å². The Bertz CT molecular complexity index is 1210. The van der Waals surface area contributed by atoms with Gasteiger partial charge in [-0.25, -0.2) is 9.89 Å². The number of aromatic nitrogens is 2. The minimum Gasteiger partial charge on any atom is -0.444 e. The van der Waals surface area contributed by atoms with Gasteiger partial charge in [-0.1, -0.05) is 29.8 Å². The second-order valence-electron chi connectivity index (χ2n) is 9.04. The lowest BCUT2D eigenvalue weighted by molar-refractivity contribution is 0.0240. The van der Waals surface area contributed by atoms with Crippen molar-refractivity contribution in [1.82, 2.24) is 15.1 Å². The Morgan fingerprint density at radius 3 is 2.58 bits per heavy atom. The molecule has 1 amide bonds. The third-order valence-corrected chi connectivity index (χ3v) is 5.78. The number of carbonyl (C=O) groups is 1. The molecule has 0 atom stereocenters. The first-order valence-corrected chi connectivity index (χ1v) is 11.3. The van der Waals surface area contributed by atoms with Gasteiger partial charge in [0.15, 0.2) is 5.15 Å². The van der Waals surface area contributed by atoms with E-state index in [1.54, 1.807) is 11.0 Å². The van der Waals surface area contributed by atoms with Crippen LogP contribution in [-0.4, -0.2) is 53.0 Å². The first-order chi connectivity index (χ1) is 15.7. The molecule has 2 N–H and O–H groups in total. The van der Waals surface area contributed by atoms with Gasteiger partial charge in [-0.2, -0.15) is 5.10 Å². The van der Waals surface area contributed by atoms with Crippen LogP contribution in [0.3, 0.4) is 0 Å². The normalized spacial score (nSPS) is 14.4. The van der Waals surface area contributed by atoms with E-state index in [4.69, 9.17) is 16.3 Å². The Hall–Kier alpha value is -3.26. The molecular weight excluding hydrogens is 442 g/mol. The van der Waals surface area contributed by atoms with Gasteiger partial charge in [0.1, 0.15) is 5.60 Å². The number of fused-ring (bicyclic) bond motifs is 1. The summed E-state index contributed by atoms with van der Waals surface area (Å²) in [6.45, 7) is 8.92. The summed E-state index contributed by atoms with van der Waals surface area (Å²) in [4.78, 5) is 28.4. The lowest BCUT2D eigenvalue weighted by atomic mass is 10.1. The first-order valence-electron chi connectivity index (χ1n) is 10.9. The Kier molecular flexibility index (Phi) is 6.47. The summed E-state index contributed by atoms with van der Waals surface area (Å²) >= 11 is 6.16. The maximum Gasteiger partial charge on any atom is 0.410 e. The quantitative estimate of drug-likeness (QED) is 0.593. The molecule has 9 heteroatoms. The van der Waals surface area contributed by atoms with Gasteiger partial charge in [-0.15, -0.1) is 0 Å². The van der Waals surface area contributed by atoms with Crippen LogP contribution in [0.4, 0.5) is 16.2 Å². The maximum absolute atomic E-state index is 12.4. The summed E-state index contributed by atoms with van der Waals surface area (Å²) in [5.74, 6) is 0. The smallest absolute Gasteiger partial charge is 0.410 e. The summed E-state index contributed by atoms with van der Waals surface area (Å²) in [6, 6.07) is 13.7. The predicted molar refractivity (Wildman–Crippen MR) is 131 cm³/mol. The molecule has 0 bridgehead atoms. The largest absolute Gasteiger partial charge is 0.444 e. The van der Waals surface area contributed by atoms with E-state index in [9.17, 15) is 9.59 Å². The number of aromatic amines is 1. The molecule has 1 aliphatic rings. The van der Waals surface area contributed by atoms with Gasteiger partial charge in [0.05, 0.1) is 5.39 Å². The SMILES string of the molecule is CC(C)(C)OC(=O)N1CCN(c2ccccc2CNc2ccc3c(=O)[nH]nc(Cl)c3c2)CC1. The van der Waals surface area contributed by atoms with Crippen LogP contribution in [0.15, 0.2) is 47.3 Å².